The van der Waals surface area contributed by atoms with Crippen LogP contribution in [0, 0.1) is 17.8 Å². The van der Waals surface area contributed by atoms with Crippen LogP contribution >= 0.6 is 0 Å². The second kappa shape index (κ2) is 6.03. The Balaban J connectivity index is 1.21. The van der Waals surface area contributed by atoms with E-state index in [2.05, 4.69) is 19.8 Å². The molecule has 0 unspecified atom stereocenters. The molecule has 1 saturated heterocycles. The number of H-pyrrole nitrogens is 1. The summed E-state index contributed by atoms with van der Waals surface area (Å²) in [6, 6.07) is 0. The Hall–Kier alpha value is -1.36. The van der Waals surface area contributed by atoms with Crippen LogP contribution < -0.4 is 0 Å². The van der Waals surface area contributed by atoms with Crippen LogP contribution in [0.1, 0.15) is 37.9 Å². The minimum atomic E-state index is 0.335. The molecule has 0 spiro atoms. The van der Waals surface area contributed by atoms with E-state index < -0.39 is 0 Å². The normalized spacial score (nSPS) is 29.9. The zero-order valence-electron chi connectivity index (χ0n) is 13.2. The molecule has 1 N–H and O–H groups in total. The lowest BCUT2D eigenvalue weighted by atomic mass is 9.62. The molecular weight excluding hydrogens is 276 g/mol. The van der Waals surface area contributed by atoms with Gasteiger partial charge in [-0.25, -0.2) is 4.98 Å². The molecule has 5 nitrogen and oxygen atoms in total. The number of rotatable bonds is 4. The first-order valence-corrected chi connectivity index (χ1v) is 8.79. The number of aromatic nitrogens is 2. The van der Waals surface area contributed by atoms with Gasteiger partial charge in [-0.15, -0.1) is 0 Å². The summed E-state index contributed by atoms with van der Waals surface area (Å²) in [7, 11) is 0. The number of aromatic amines is 1. The molecule has 0 bridgehead atoms. The van der Waals surface area contributed by atoms with E-state index in [0.29, 0.717) is 11.8 Å². The Morgan fingerprint density at radius 2 is 1.95 bits per heavy atom. The molecule has 3 fully saturated rings. The van der Waals surface area contributed by atoms with Crippen molar-refractivity contribution in [3.63, 3.8) is 0 Å². The molecular formula is C17H26N4O. The van der Waals surface area contributed by atoms with Crippen LogP contribution in [0.25, 0.3) is 0 Å². The minimum absolute atomic E-state index is 0.335. The molecule has 3 aliphatic rings. The Morgan fingerprint density at radius 1 is 1.18 bits per heavy atom. The first-order valence-electron chi connectivity index (χ1n) is 8.79. The fraction of sp³-hybridized carbons (Fsp3) is 0.765. The maximum Gasteiger partial charge on any atom is 0.225 e. The van der Waals surface area contributed by atoms with E-state index in [4.69, 9.17) is 0 Å². The van der Waals surface area contributed by atoms with E-state index in [-0.39, 0.29) is 0 Å². The third-order valence-corrected chi connectivity index (χ3v) is 5.95. The van der Waals surface area contributed by atoms with Crippen LogP contribution in [0.5, 0.6) is 0 Å². The van der Waals surface area contributed by atoms with Crippen LogP contribution in [-0.4, -0.2) is 51.9 Å². The quantitative estimate of drug-likeness (QED) is 0.924. The van der Waals surface area contributed by atoms with E-state index in [0.717, 1.165) is 63.2 Å². The summed E-state index contributed by atoms with van der Waals surface area (Å²) in [5, 5.41) is 0. The van der Waals surface area contributed by atoms with Gasteiger partial charge >= 0.3 is 0 Å². The molecule has 5 heteroatoms. The molecule has 2 aliphatic carbocycles. The number of carbonyl (C=O) groups excluding carboxylic acids is 1. The standard InChI is InChI=1S/C17H26N4O/c22-17(15-10-14(11-15)13-2-1-3-13)21-8-6-20(7-9-21)12-16-18-4-5-19-16/h4-5,13-15H,1-3,6-12H2,(H,18,19). The van der Waals surface area contributed by atoms with Crippen molar-refractivity contribution in [2.24, 2.45) is 17.8 Å². The predicted molar refractivity (Wildman–Crippen MR) is 84.0 cm³/mol. The number of piperazine rings is 1. The topological polar surface area (TPSA) is 52.2 Å². The Labute approximate surface area is 132 Å². The van der Waals surface area contributed by atoms with Gasteiger partial charge in [0.25, 0.3) is 0 Å². The molecule has 0 atom stereocenters. The van der Waals surface area contributed by atoms with E-state index in [9.17, 15) is 4.79 Å². The predicted octanol–water partition coefficient (Wildman–Crippen LogP) is 1.88. The fourth-order valence-electron chi connectivity index (χ4n) is 4.14. The molecule has 4 rings (SSSR count). The summed E-state index contributed by atoms with van der Waals surface area (Å²) in [6.07, 6.45) is 10.2. The number of nitrogens with zero attached hydrogens (tertiary/aromatic N) is 3. The highest BCUT2D eigenvalue weighted by Gasteiger charge is 2.42. The van der Waals surface area contributed by atoms with Crippen molar-refractivity contribution in [1.29, 1.82) is 0 Å². The molecule has 2 heterocycles. The average Bonchev–Trinajstić information content (AvgIpc) is 2.93. The molecule has 1 amide bonds. The van der Waals surface area contributed by atoms with Gasteiger partial charge in [0, 0.05) is 44.5 Å². The first-order chi connectivity index (χ1) is 10.8. The minimum Gasteiger partial charge on any atom is -0.348 e. The summed E-state index contributed by atoms with van der Waals surface area (Å²) >= 11 is 0. The molecule has 0 radical (unpaired) electrons. The zero-order chi connectivity index (χ0) is 14.9. The Bertz CT molecular complexity index is 497. The lowest BCUT2D eigenvalue weighted by Crippen LogP contribution is -2.52. The molecule has 2 saturated carbocycles. The summed E-state index contributed by atoms with van der Waals surface area (Å²) in [6.45, 7) is 4.55. The SMILES string of the molecule is O=C(C1CC(C2CCC2)C1)N1CCN(Cc2ncc[nH]2)CC1. The Kier molecular flexibility index (Phi) is 3.90. The van der Waals surface area contributed by atoms with Gasteiger partial charge in [0.15, 0.2) is 0 Å². The average molecular weight is 302 g/mol. The van der Waals surface area contributed by atoms with Gasteiger partial charge in [0.1, 0.15) is 5.82 Å². The second-order valence-electron chi connectivity index (χ2n) is 7.26. The van der Waals surface area contributed by atoms with Gasteiger partial charge in [-0.05, 0) is 24.7 Å². The number of hydrogen-bond acceptors (Lipinski definition) is 3. The first kappa shape index (κ1) is 14.2. The number of hydrogen-bond donors (Lipinski definition) is 1. The van der Waals surface area contributed by atoms with Crippen LogP contribution in [-0.2, 0) is 11.3 Å². The molecule has 1 aromatic rings. The van der Waals surface area contributed by atoms with Crippen LogP contribution in [0.3, 0.4) is 0 Å². The molecule has 0 aromatic carbocycles. The third kappa shape index (κ3) is 2.78. The van der Waals surface area contributed by atoms with E-state index in [1.807, 2.05) is 6.20 Å². The van der Waals surface area contributed by atoms with Gasteiger partial charge in [-0.1, -0.05) is 19.3 Å². The number of carbonyl (C=O) groups is 1. The molecule has 1 aromatic heterocycles. The van der Waals surface area contributed by atoms with Crippen LogP contribution in [0.4, 0.5) is 0 Å². The summed E-state index contributed by atoms with van der Waals surface area (Å²) < 4.78 is 0. The molecule has 120 valence electrons. The number of nitrogens with one attached hydrogen (secondary N) is 1. The summed E-state index contributed by atoms with van der Waals surface area (Å²) in [4.78, 5) is 24.5. The second-order valence-corrected chi connectivity index (χ2v) is 7.26. The van der Waals surface area contributed by atoms with Crippen LogP contribution in [0.15, 0.2) is 12.4 Å². The highest BCUT2D eigenvalue weighted by atomic mass is 16.2. The summed E-state index contributed by atoms with van der Waals surface area (Å²) in [5.41, 5.74) is 0. The van der Waals surface area contributed by atoms with E-state index >= 15 is 0 Å². The van der Waals surface area contributed by atoms with Gasteiger partial charge in [-0.2, -0.15) is 0 Å². The van der Waals surface area contributed by atoms with Gasteiger partial charge in [-0.3, -0.25) is 9.69 Å². The monoisotopic (exact) mass is 302 g/mol. The van der Waals surface area contributed by atoms with E-state index in [1.54, 1.807) is 6.20 Å². The van der Waals surface area contributed by atoms with Gasteiger partial charge < -0.3 is 9.88 Å². The van der Waals surface area contributed by atoms with Crippen molar-refractivity contribution in [2.75, 3.05) is 26.2 Å². The van der Waals surface area contributed by atoms with Gasteiger partial charge in [0.05, 0.1) is 6.54 Å². The highest BCUT2D eigenvalue weighted by molar-refractivity contribution is 5.79. The van der Waals surface area contributed by atoms with Crippen molar-refractivity contribution in [3.05, 3.63) is 18.2 Å². The van der Waals surface area contributed by atoms with Crippen molar-refractivity contribution < 1.29 is 4.79 Å². The van der Waals surface area contributed by atoms with Gasteiger partial charge in [0.2, 0.25) is 5.91 Å². The maximum atomic E-state index is 12.6. The molecule has 22 heavy (non-hydrogen) atoms. The number of imidazole rings is 1. The van der Waals surface area contributed by atoms with Crippen molar-refractivity contribution in [3.8, 4) is 0 Å². The largest absolute Gasteiger partial charge is 0.348 e. The summed E-state index contributed by atoms with van der Waals surface area (Å²) in [5.74, 6) is 3.59. The highest BCUT2D eigenvalue weighted by Crippen LogP contribution is 2.47. The lowest BCUT2D eigenvalue weighted by molar-refractivity contribution is -0.143. The van der Waals surface area contributed by atoms with Crippen LogP contribution in [0.2, 0.25) is 0 Å². The van der Waals surface area contributed by atoms with Crippen molar-refractivity contribution in [1.82, 2.24) is 19.8 Å². The lowest BCUT2D eigenvalue weighted by Gasteiger charge is -2.46. The van der Waals surface area contributed by atoms with Crippen molar-refractivity contribution >= 4 is 5.91 Å². The van der Waals surface area contributed by atoms with E-state index in [1.165, 1.54) is 19.3 Å². The van der Waals surface area contributed by atoms with Crippen molar-refractivity contribution in [2.45, 2.75) is 38.6 Å². The zero-order valence-corrected chi connectivity index (χ0v) is 13.2. The third-order valence-electron chi connectivity index (χ3n) is 5.95. The maximum absolute atomic E-state index is 12.6. The molecule has 1 aliphatic heterocycles. The smallest absolute Gasteiger partial charge is 0.225 e. The number of amides is 1. The Morgan fingerprint density at radius 3 is 2.55 bits per heavy atom. The fourth-order valence-corrected chi connectivity index (χ4v) is 4.14.